The fourth-order valence-corrected chi connectivity index (χ4v) is 4.86. The summed E-state index contributed by atoms with van der Waals surface area (Å²) < 4.78 is 5.52. The number of hydrogen-bond acceptors (Lipinski definition) is 7. The molecule has 164 valence electrons. The zero-order valence-corrected chi connectivity index (χ0v) is 18.6. The molecule has 0 saturated carbocycles. The van der Waals surface area contributed by atoms with E-state index in [0.717, 1.165) is 22.8 Å². The molecule has 0 fully saturated rings. The molecule has 9 nitrogen and oxygen atoms in total. The van der Waals surface area contributed by atoms with Crippen LogP contribution in [0.5, 0.6) is 5.75 Å². The number of anilines is 1. The Balaban J connectivity index is 1.44. The summed E-state index contributed by atoms with van der Waals surface area (Å²) in [5.41, 5.74) is 2.41. The van der Waals surface area contributed by atoms with Gasteiger partial charge in [0.1, 0.15) is 26.4 Å². The van der Waals surface area contributed by atoms with Crippen molar-refractivity contribution in [3.8, 4) is 11.4 Å². The summed E-state index contributed by atoms with van der Waals surface area (Å²) >= 11 is 7.36. The van der Waals surface area contributed by atoms with Crippen LogP contribution < -0.4 is 10.1 Å². The van der Waals surface area contributed by atoms with Crippen LogP contribution in [0.25, 0.3) is 26.8 Å². The highest BCUT2D eigenvalue weighted by molar-refractivity contribution is 7.22. The second-order valence-corrected chi connectivity index (χ2v) is 8.40. The Bertz CT molecular complexity index is 1540. The number of rotatable bonds is 5. The Kier molecular flexibility index (Phi) is 5.15. The Labute approximate surface area is 195 Å². The molecular weight excluding hydrogens is 466 g/mol. The molecular formula is C22H14ClN5O4S. The molecule has 0 bridgehead atoms. The smallest absolute Gasteiger partial charge is 0.287 e. The highest BCUT2D eigenvalue weighted by Gasteiger charge is 2.23. The molecule has 0 aliphatic heterocycles. The number of halogens is 1. The van der Waals surface area contributed by atoms with Crippen LogP contribution in [0.2, 0.25) is 5.02 Å². The highest BCUT2D eigenvalue weighted by atomic mass is 35.5. The lowest BCUT2D eigenvalue weighted by Crippen LogP contribution is -2.10. The second-order valence-electron chi connectivity index (χ2n) is 7.00. The van der Waals surface area contributed by atoms with Crippen molar-refractivity contribution in [2.75, 3.05) is 12.4 Å². The number of hydrogen-bond donors (Lipinski definition) is 1. The normalized spacial score (nSPS) is 11.1. The molecule has 0 aliphatic rings. The van der Waals surface area contributed by atoms with E-state index in [2.05, 4.69) is 15.5 Å². The van der Waals surface area contributed by atoms with Crippen LogP contribution in [0.3, 0.4) is 0 Å². The van der Waals surface area contributed by atoms with Crippen molar-refractivity contribution in [3.05, 3.63) is 80.7 Å². The lowest BCUT2D eigenvalue weighted by Gasteiger charge is -2.03. The van der Waals surface area contributed by atoms with Gasteiger partial charge >= 0.3 is 0 Å². The Morgan fingerprint density at radius 3 is 2.61 bits per heavy atom. The molecule has 1 amide bonds. The molecule has 5 rings (SSSR count). The van der Waals surface area contributed by atoms with Gasteiger partial charge in [-0.3, -0.25) is 14.9 Å². The summed E-state index contributed by atoms with van der Waals surface area (Å²) in [4.78, 5) is 25.4. The summed E-state index contributed by atoms with van der Waals surface area (Å²) in [5, 5.41) is 23.7. The van der Waals surface area contributed by atoms with Gasteiger partial charge in [-0.2, -0.15) is 4.80 Å². The number of nitro groups is 1. The number of fused-ring (bicyclic) bond motifs is 2. The predicted molar refractivity (Wildman–Crippen MR) is 127 cm³/mol. The number of nitro benzene ring substituents is 1. The largest absolute Gasteiger partial charge is 0.497 e. The molecule has 2 heterocycles. The van der Waals surface area contributed by atoms with Crippen LogP contribution in [0.4, 0.5) is 11.4 Å². The number of nitrogens with one attached hydrogen (secondary N) is 1. The third kappa shape index (κ3) is 3.75. The minimum absolute atomic E-state index is 0.0879. The van der Waals surface area contributed by atoms with E-state index in [1.165, 1.54) is 10.9 Å². The average molecular weight is 480 g/mol. The van der Waals surface area contributed by atoms with Crippen LogP contribution in [-0.4, -0.2) is 32.9 Å². The number of amides is 1. The van der Waals surface area contributed by atoms with Crippen LogP contribution in [0.15, 0.2) is 60.7 Å². The standard InChI is InChI=1S/C22H14ClN5O4S/c1-32-14-8-6-13(7-9-14)27-25-16-10-5-12(11-17(16)26-27)24-22(29)21-19(23)15-3-2-4-18(28(30)31)20(15)33-21/h2-11H,1H3,(H,24,29). The van der Waals surface area contributed by atoms with Gasteiger partial charge in [0.15, 0.2) is 0 Å². The van der Waals surface area contributed by atoms with Crippen molar-refractivity contribution in [2.24, 2.45) is 0 Å². The maximum Gasteiger partial charge on any atom is 0.287 e. The number of carbonyl (C=O) groups is 1. The quantitative estimate of drug-likeness (QED) is 0.264. The minimum atomic E-state index is -0.489. The third-order valence-corrected chi connectivity index (χ3v) is 6.71. The van der Waals surface area contributed by atoms with Crippen LogP contribution >= 0.6 is 22.9 Å². The molecule has 1 N–H and O–H groups in total. The van der Waals surface area contributed by atoms with Gasteiger partial charge in [-0.05, 0) is 42.5 Å². The zero-order valence-electron chi connectivity index (χ0n) is 17.0. The maximum atomic E-state index is 12.9. The number of methoxy groups -OCH3 is 1. The highest BCUT2D eigenvalue weighted by Crippen LogP contribution is 2.40. The van der Waals surface area contributed by atoms with Gasteiger partial charge in [0, 0.05) is 17.1 Å². The minimum Gasteiger partial charge on any atom is -0.497 e. The van der Waals surface area contributed by atoms with Gasteiger partial charge in [-0.1, -0.05) is 23.7 Å². The van der Waals surface area contributed by atoms with Crippen LogP contribution in [0, 0.1) is 10.1 Å². The summed E-state index contributed by atoms with van der Waals surface area (Å²) in [5.74, 6) is 0.267. The second kappa shape index (κ2) is 8.15. The fourth-order valence-electron chi connectivity index (χ4n) is 3.38. The van der Waals surface area contributed by atoms with Gasteiger partial charge in [0.25, 0.3) is 11.6 Å². The molecule has 3 aromatic carbocycles. The van der Waals surface area contributed by atoms with Crippen molar-refractivity contribution < 1.29 is 14.5 Å². The summed E-state index contributed by atoms with van der Waals surface area (Å²) in [6, 6.07) is 17.0. The molecule has 11 heteroatoms. The molecule has 0 atom stereocenters. The van der Waals surface area contributed by atoms with E-state index < -0.39 is 10.8 Å². The molecule has 2 aromatic heterocycles. The zero-order chi connectivity index (χ0) is 23.1. The Morgan fingerprint density at radius 2 is 1.88 bits per heavy atom. The molecule has 0 saturated heterocycles. The number of carbonyl (C=O) groups excluding carboxylic acids is 1. The maximum absolute atomic E-state index is 12.9. The first-order valence-electron chi connectivity index (χ1n) is 9.63. The summed E-state index contributed by atoms with van der Waals surface area (Å²) in [6.45, 7) is 0. The van der Waals surface area contributed by atoms with Gasteiger partial charge < -0.3 is 10.1 Å². The SMILES string of the molecule is COc1ccc(-n2nc3ccc(NC(=O)c4sc5c([N+](=O)[O-])cccc5c4Cl)cc3n2)cc1. The van der Waals surface area contributed by atoms with Crippen molar-refractivity contribution in [2.45, 2.75) is 0 Å². The monoisotopic (exact) mass is 479 g/mol. The molecule has 0 aliphatic carbocycles. The van der Waals surface area contributed by atoms with E-state index in [-0.39, 0.29) is 15.6 Å². The van der Waals surface area contributed by atoms with Crippen molar-refractivity contribution >= 4 is 61.3 Å². The van der Waals surface area contributed by atoms with E-state index in [1.807, 2.05) is 24.3 Å². The fraction of sp³-hybridized carbons (Fsp3) is 0.0455. The number of ether oxygens (including phenoxy) is 1. The molecule has 0 radical (unpaired) electrons. The first kappa shape index (κ1) is 20.9. The number of nitrogens with zero attached hydrogens (tertiary/aromatic N) is 4. The number of thiophene rings is 1. The van der Waals surface area contributed by atoms with Gasteiger partial charge in [-0.25, -0.2) is 0 Å². The van der Waals surface area contributed by atoms with Crippen molar-refractivity contribution in [1.29, 1.82) is 0 Å². The van der Waals surface area contributed by atoms with Crippen LogP contribution in [0.1, 0.15) is 9.67 Å². The van der Waals surface area contributed by atoms with Gasteiger partial charge in [-0.15, -0.1) is 21.5 Å². The van der Waals surface area contributed by atoms with Gasteiger partial charge in [0.2, 0.25) is 0 Å². The number of aromatic nitrogens is 3. The first-order valence-corrected chi connectivity index (χ1v) is 10.8. The predicted octanol–water partition coefficient (Wildman–Crippen LogP) is 5.46. The Morgan fingerprint density at radius 1 is 1.12 bits per heavy atom. The van der Waals surface area contributed by atoms with E-state index in [4.69, 9.17) is 16.3 Å². The first-order chi connectivity index (χ1) is 15.9. The van der Waals surface area contributed by atoms with Crippen molar-refractivity contribution in [1.82, 2.24) is 15.0 Å². The van der Waals surface area contributed by atoms with Gasteiger partial charge in [0.05, 0.1) is 22.7 Å². The topological polar surface area (TPSA) is 112 Å². The molecule has 0 unspecified atom stereocenters. The summed E-state index contributed by atoms with van der Waals surface area (Å²) in [7, 11) is 1.60. The van der Waals surface area contributed by atoms with Crippen molar-refractivity contribution in [3.63, 3.8) is 0 Å². The average Bonchev–Trinajstić information content (AvgIpc) is 3.40. The van der Waals surface area contributed by atoms with E-state index in [9.17, 15) is 14.9 Å². The van der Waals surface area contributed by atoms with E-state index in [0.29, 0.717) is 26.8 Å². The molecule has 5 aromatic rings. The third-order valence-electron chi connectivity index (χ3n) is 4.98. The van der Waals surface area contributed by atoms with Crippen LogP contribution in [-0.2, 0) is 0 Å². The van der Waals surface area contributed by atoms with E-state index >= 15 is 0 Å². The lowest BCUT2D eigenvalue weighted by molar-refractivity contribution is -0.382. The molecule has 33 heavy (non-hydrogen) atoms. The van der Waals surface area contributed by atoms with E-state index in [1.54, 1.807) is 37.4 Å². The lowest BCUT2D eigenvalue weighted by atomic mass is 10.2. The molecule has 0 spiro atoms. The number of non-ortho nitro benzene ring substituents is 1. The Hall–Kier alpha value is -4.02. The summed E-state index contributed by atoms with van der Waals surface area (Å²) in [6.07, 6.45) is 0. The number of benzene rings is 3.